The third-order valence-electron chi connectivity index (χ3n) is 2.49. The highest BCUT2D eigenvalue weighted by molar-refractivity contribution is 7.90. The van der Waals surface area contributed by atoms with Crippen molar-refractivity contribution in [2.24, 2.45) is 10.9 Å². The summed E-state index contributed by atoms with van der Waals surface area (Å²) >= 11 is 5.78. The molecule has 0 saturated carbocycles. The van der Waals surface area contributed by atoms with Gasteiger partial charge in [-0.1, -0.05) is 11.6 Å². The summed E-state index contributed by atoms with van der Waals surface area (Å²) in [5, 5.41) is 7.59. The summed E-state index contributed by atoms with van der Waals surface area (Å²) in [5.74, 6) is 0. The number of anilines is 1. The molecule has 8 nitrogen and oxygen atoms in total. The lowest BCUT2D eigenvalue weighted by molar-refractivity contribution is 0.558. The van der Waals surface area contributed by atoms with Crippen LogP contribution in [0.2, 0.25) is 5.02 Å². The molecular weight excluding hydrogens is 316 g/mol. The summed E-state index contributed by atoms with van der Waals surface area (Å²) in [4.78, 5) is -0.697. The maximum Gasteiger partial charge on any atom is 0.244 e. The van der Waals surface area contributed by atoms with E-state index in [9.17, 15) is 16.8 Å². The van der Waals surface area contributed by atoms with E-state index in [1.165, 1.54) is 6.07 Å². The molecule has 0 aliphatic carbocycles. The molecule has 1 aromatic rings. The van der Waals surface area contributed by atoms with Crippen molar-refractivity contribution in [1.29, 1.82) is 0 Å². The molecular formula is C8H11ClN4O4S2. The van der Waals surface area contributed by atoms with Gasteiger partial charge in [0.2, 0.25) is 20.0 Å². The number of benzene rings is 1. The zero-order valence-corrected chi connectivity index (χ0v) is 11.8. The highest BCUT2D eigenvalue weighted by Crippen LogP contribution is 2.33. The zero-order valence-electron chi connectivity index (χ0n) is 9.42. The molecule has 11 heteroatoms. The quantitative estimate of drug-likeness (QED) is 0.547. The molecule has 2 rings (SSSR count). The fraction of sp³-hybridized carbons (Fsp3) is 0.250. The number of sulfonamides is 2. The van der Waals surface area contributed by atoms with Gasteiger partial charge in [-0.25, -0.2) is 22.0 Å². The third-order valence-corrected chi connectivity index (χ3v) is 5.38. The SMILES string of the molecule is NCC1Nc2cc(Cl)c(S(N)(=O)=O)cc2S(=O)(=O)N1. The van der Waals surface area contributed by atoms with Crippen molar-refractivity contribution in [1.82, 2.24) is 4.72 Å². The Morgan fingerprint density at radius 2 is 2.00 bits per heavy atom. The molecule has 0 bridgehead atoms. The standard InChI is InChI=1S/C8H11ClN4O4S2/c9-4-1-5-7(2-6(4)18(11,14)15)19(16,17)13-8(3-10)12-5/h1-2,8,12-13H,3,10H2,(H2,11,14,15). The van der Waals surface area contributed by atoms with Crippen LogP contribution in [0.25, 0.3) is 0 Å². The summed E-state index contributed by atoms with van der Waals surface area (Å²) in [6, 6.07) is 2.10. The van der Waals surface area contributed by atoms with E-state index in [1.54, 1.807) is 0 Å². The average Bonchev–Trinajstić information content (AvgIpc) is 2.25. The van der Waals surface area contributed by atoms with Gasteiger partial charge in [0, 0.05) is 6.54 Å². The molecule has 106 valence electrons. The Labute approximate surface area is 115 Å². The summed E-state index contributed by atoms with van der Waals surface area (Å²) in [7, 11) is -7.99. The van der Waals surface area contributed by atoms with Crippen LogP contribution in [0.4, 0.5) is 5.69 Å². The fourth-order valence-electron chi connectivity index (χ4n) is 1.66. The molecule has 0 fully saturated rings. The van der Waals surface area contributed by atoms with Crippen molar-refractivity contribution < 1.29 is 16.8 Å². The third kappa shape index (κ3) is 2.68. The van der Waals surface area contributed by atoms with Gasteiger partial charge in [0.05, 0.1) is 10.7 Å². The van der Waals surface area contributed by atoms with Crippen molar-refractivity contribution in [3.05, 3.63) is 17.2 Å². The summed E-state index contributed by atoms with van der Waals surface area (Å²) in [6.07, 6.45) is -0.686. The number of nitrogens with one attached hydrogen (secondary N) is 2. The maximum atomic E-state index is 11.9. The van der Waals surface area contributed by atoms with Crippen LogP contribution in [-0.4, -0.2) is 29.5 Å². The number of primary sulfonamides is 1. The minimum Gasteiger partial charge on any atom is -0.367 e. The topological polar surface area (TPSA) is 144 Å². The number of halogens is 1. The van der Waals surface area contributed by atoms with Crippen molar-refractivity contribution in [2.45, 2.75) is 16.0 Å². The van der Waals surface area contributed by atoms with Crippen molar-refractivity contribution >= 4 is 37.3 Å². The van der Waals surface area contributed by atoms with Crippen molar-refractivity contribution in [2.75, 3.05) is 11.9 Å². The highest BCUT2D eigenvalue weighted by Gasteiger charge is 2.31. The van der Waals surface area contributed by atoms with Crippen LogP contribution in [-0.2, 0) is 20.0 Å². The molecule has 19 heavy (non-hydrogen) atoms. The Hall–Kier alpha value is -0.910. The molecule has 1 aliphatic heterocycles. The van der Waals surface area contributed by atoms with Gasteiger partial charge in [0.1, 0.15) is 16.0 Å². The van der Waals surface area contributed by atoms with Gasteiger partial charge in [0.15, 0.2) is 0 Å². The fourth-order valence-corrected chi connectivity index (χ4v) is 4.17. The minimum absolute atomic E-state index is 0.0211. The van der Waals surface area contributed by atoms with Gasteiger partial charge in [-0.2, -0.15) is 4.72 Å². The summed E-state index contributed by atoms with van der Waals surface area (Å²) in [5.41, 5.74) is 5.55. The second kappa shape index (κ2) is 4.58. The first-order chi connectivity index (χ1) is 8.65. The molecule has 1 aromatic carbocycles. The first-order valence-electron chi connectivity index (χ1n) is 5.00. The van der Waals surface area contributed by atoms with Gasteiger partial charge >= 0.3 is 0 Å². The second-order valence-corrected chi connectivity index (χ2v) is 7.50. The molecule has 0 aromatic heterocycles. The Morgan fingerprint density at radius 3 is 2.53 bits per heavy atom. The zero-order chi connectivity index (χ0) is 14.4. The number of rotatable bonds is 2. The molecule has 1 aliphatic rings. The number of fused-ring (bicyclic) bond motifs is 1. The molecule has 1 unspecified atom stereocenters. The molecule has 0 spiro atoms. The van der Waals surface area contributed by atoms with Crippen LogP contribution in [0, 0.1) is 0 Å². The number of nitrogens with two attached hydrogens (primary N) is 2. The van der Waals surface area contributed by atoms with E-state index in [-0.39, 0.29) is 22.2 Å². The highest BCUT2D eigenvalue weighted by atomic mass is 35.5. The average molecular weight is 327 g/mol. The van der Waals surface area contributed by atoms with Crippen LogP contribution < -0.4 is 20.9 Å². The lowest BCUT2D eigenvalue weighted by atomic mass is 10.3. The van der Waals surface area contributed by atoms with Crippen LogP contribution in [0.5, 0.6) is 0 Å². The van der Waals surface area contributed by atoms with Gasteiger partial charge < -0.3 is 11.1 Å². The van der Waals surface area contributed by atoms with E-state index < -0.39 is 31.1 Å². The largest absolute Gasteiger partial charge is 0.367 e. The van der Waals surface area contributed by atoms with Gasteiger partial charge in [-0.15, -0.1) is 0 Å². The summed E-state index contributed by atoms with van der Waals surface area (Å²) in [6.45, 7) is 0.0211. The first-order valence-corrected chi connectivity index (χ1v) is 8.41. The van der Waals surface area contributed by atoms with Crippen LogP contribution >= 0.6 is 11.6 Å². The van der Waals surface area contributed by atoms with E-state index in [0.717, 1.165) is 6.07 Å². The molecule has 0 saturated heterocycles. The van der Waals surface area contributed by atoms with Crippen molar-refractivity contribution in [3.8, 4) is 0 Å². The van der Waals surface area contributed by atoms with Crippen molar-refractivity contribution in [3.63, 3.8) is 0 Å². The number of hydrogen-bond donors (Lipinski definition) is 4. The predicted molar refractivity (Wildman–Crippen MR) is 69.6 cm³/mol. The van der Waals surface area contributed by atoms with E-state index in [1.807, 2.05) is 0 Å². The molecule has 0 amide bonds. The molecule has 1 atom stereocenters. The van der Waals surface area contributed by atoms with E-state index in [2.05, 4.69) is 10.0 Å². The molecule has 6 N–H and O–H groups in total. The maximum absolute atomic E-state index is 11.9. The van der Waals surface area contributed by atoms with Crippen LogP contribution in [0.1, 0.15) is 0 Å². The molecule has 0 radical (unpaired) electrons. The van der Waals surface area contributed by atoms with E-state index >= 15 is 0 Å². The van der Waals surface area contributed by atoms with E-state index in [0.29, 0.717) is 0 Å². The van der Waals surface area contributed by atoms with Crippen LogP contribution in [0.15, 0.2) is 21.9 Å². The lowest BCUT2D eigenvalue weighted by Gasteiger charge is -2.27. The lowest BCUT2D eigenvalue weighted by Crippen LogP contribution is -2.49. The van der Waals surface area contributed by atoms with Gasteiger partial charge in [-0.3, -0.25) is 0 Å². The van der Waals surface area contributed by atoms with Gasteiger partial charge in [0.25, 0.3) is 0 Å². The minimum atomic E-state index is -4.11. The normalized spacial score (nSPS) is 21.5. The Balaban J connectivity index is 2.70. The first kappa shape index (κ1) is 14.5. The Kier molecular flexibility index (Phi) is 3.49. The van der Waals surface area contributed by atoms with E-state index in [4.69, 9.17) is 22.5 Å². The monoisotopic (exact) mass is 326 g/mol. The predicted octanol–water partition coefficient (Wildman–Crippen LogP) is -1.02. The molecule has 1 heterocycles. The smallest absolute Gasteiger partial charge is 0.244 e. The Bertz CT molecular complexity index is 731. The number of hydrogen-bond acceptors (Lipinski definition) is 6. The van der Waals surface area contributed by atoms with Crippen LogP contribution in [0.3, 0.4) is 0 Å². The van der Waals surface area contributed by atoms with Gasteiger partial charge in [-0.05, 0) is 12.1 Å². The Morgan fingerprint density at radius 1 is 1.37 bits per heavy atom. The summed E-state index contributed by atoms with van der Waals surface area (Å²) < 4.78 is 48.8. The second-order valence-electron chi connectivity index (χ2n) is 3.88.